The summed E-state index contributed by atoms with van der Waals surface area (Å²) in [5.74, 6) is 1.68. The zero-order chi connectivity index (χ0) is 20.1. The summed E-state index contributed by atoms with van der Waals surface area (Å²) >= 11 is 0. The Balaban J connectivity index is 0.00000300. The van der Waals surface area contributed by atoms with Gasteiger partial charge in [-0.15, -0.1) is 24.0 Å². The smallest absolute Gasteiger partial charge is 0.191 e. The molecule has 2 aromatic carbocycles. The molecular weight excluding hydrogens is 477 g/mol. The third-order valence-electron chi connectivity index (χ3n) is 4.97. The summed E-state index contributed by atoms with van der Waals surface area (Å²) in [6.07, 6.45) is 0. The van der Waals surface area contributed by atoms with Crippen LogP contribution in [-0.2, 0) is 20.1 Å². The van der Waals surface area contributed by atoms with Gasteiger partial charge in [0.1, 0.15) is 5.75 Å². The number of benzene rings is 2. The van der Waals surface area contributed by atoms with Crippen molar-refractivity contribution in [2.75, 3.05) is 13.7 Å². The number of aliphatic imine (C=N–C) groups is 1. The molecule has 0 atom stereocenters. The molecule has 0 aliphatic carbocycles. The van der Waals surface area contributed by atoms with Crippen LogP contribution in [0.25, 0.3) is 10.8 Å². The first kappa shape index (κ1) is 23.0. The average Bonchev–Trinajstić information content (AvgIpc) is 2.95. The normalized spacial score (nSPS) is 11.3. The van der Waals surface area contributed by atoms with Crippen LogP contribution in [0.3, 0.4) is 0 Å². The molecule has 0 bridgehead atoms. The highest BCUT2D eigenvalue weighted by molar-refractivity contribution is 14.0. The van der Waals surface area contributed by atoms with E-state index in [4.69, 9.17) is 9.73 Å². The van der Waals surface area contributed by atoms with E-state index in [1.54, 1.807) is 7.11 Å². The van der Waals surface area contributed by atoms with Gasteiger partial charge in [-0.05, 0) is 55.3 Å². The highest BCUT2D eigenvalue weighted by Crippen LogP contribution is 2.22. The van der Waals surface area contributed by atoms with Crippen LogP contribution in [0.4, 0.5) is 0 Å². The number of ether oxygens (including phenoxy) is 1. The first-order valence-corrected chi connectivity index (χ1v) is 9.59. The molecule has 0 amide bonds. The third kappa shape index (κ3) is 5.62. The lowest BCUT2D eigenvalue weighted by molar-refractivity contribution is 0.415. The second-order valence-electron chi connectivity index (χ2n) is 6.87. The van der Waals surface area contributed by atoms with Crippen molar-refractivity contribution in [3.63, 3.8) is 0 Å². The van der Waals surface area contributed by atoms with Gasteiger partial charge in [0.25, 0.3) is 0 Å². The van der Waals surface area contributed by atoms with Crippen molar-refractivity contribution in [1.82, 2.24) is 20.4 Å². The number of hydrogen-bond acceptors (Lipinski definition) is 3. The van der Waals surface area contributed by atoms with Gasteiger partial charge in [-0.1, -0.05) is 18.2 Å². The van der Waals surface area contributed by atoms with Crippen LogP contribution in [-0.4, -0.2) is 29.4 Å². The van der Waals surface area contributed by atoms with Crippen molar-refractivity contribution in [3.05, 3.63) is 58.9 Å². The largest absolute Gasteiger partial charge is 0.497 e. The Labute approximate surface area is 189 Å². The summed E-state index contributed by atoms with van der Waals surface area (Å²) in [5, 5.41) is 13.6. The summed E-state index contributed by atoms with van der Waals surface area (Å²) < 4.78 is 7.21. The molecule has 0 radical (unpaired) electrons. The molecule has 2 N–H and O–H groups in total. The SMILES string of the molecule is CCNC(=NCc1ccc2cc(OC)ccc2c1)NCc1c(C)nn(C)c1C.I. The molecule has 1 heterocycles. The molecule has 3 rings (SSSR count). The number of nitrogens with zero attached hydrogens (tertiary/aromatic N) is 3. The van der Waals surface area contributed by atoms with Crippen LogP contribution in [0.2, 0.25) is 0 Å². The van der Waals surface area contributed by atoms with E-state index in [1.807, 2.05) is 30.8 Å². The number of guanidine groups is 1. The van der Waals surface area contributed by atoms with Crippen molar-refractivity contribution in [2.24, 2.45) is 12.0 Å². The number of aryl methyl sites for hydroxylation is 2. The predicted molar refractivity (Wildman–Crippen MR) is 130 cm³/mol. The quantitative estimate of drug-likeness (QED) is 0.300. The Kier molecular flexibility index (Phi) is 8.31. The van der Waals surface area contributed by atoms with Crippen LogP contribution >= 0.6 is 24.0 Å². The monoisotopic (exact) mass is 507 g/mol. The Morgan fingerprint density at radius 3 is 2.48 bits per heavy atom. The molecule has 0 fully saturated rings. The number of hydrogen-bond donors (Lipinski definition) is 2. The van der Waals surface area contributed by atoms with Crippen LogP contribution < -0.4 is 15.4 Å². The Morgan fingerprint density at radius 1 is 1.10 bits per heavy atom. The second kappa shape index (κ2) is 10.5. The average molecular weight is 507 g/mol. The van der Waals surface area contributed by atoms with E-state index in [-0.39, 0.29) is 24.0 Å². The molecule has 6 nitrogen and oxygen atoms in total. The van der Waals surface area contributed by atoms with Gasteiger partial charge in [-0.3, -0.25) is 4.68 Å². The lowest BCUT2D eigenvalue weighted by Crippen LogP contribution is -2.37. The van der Waals surface area contributed by atoms with Gasteiger partial charge < -0.3 is 15.4 Å². The van der Waals surface area contributed by atoms with E-state index in [0.717, 1.165) is 23.9 Å². The molecule has 7 heteroatoms. The highest BCUT2D eigenvalue weighted by atomic mass is 127. The number of nitrogens with one attached hydrogen (secondary N) is 2. The number of halogens is 1. The van der Waals surface area contributed by atoms with Gasteiger partial charge in [0.2, 0.25) is 0 Å². The highest BCUT2D eigenvalue weighted by Gasteiger charge is 2.09. The molecule has 0 aliphatic rings. The summed E-state index contributed by atoms with van der Waals surface area (Å²) in [6.45, 7) is 8.33. The predicted octanol–water partition coefficient (Wildman–Crippen LogP) is 4.07. The van der Waals surface area contributed by atoms with Gasteiger partial charge in [0.05, 0.1) is 19.3 Å². The van der Waals surface area contributed by atoms with Crippen molar-refractivity contribution in [1.29, 1.82) is 0 Å². The van der Waals surface area contributed by atoms with E-state index in [9.17, 15) is 0 Å². The number of rotatable bonds is 6. The van der Waals surface area contributed by atoms with Gasteiger partial charge in [0, 0.05) is 31.4 Å². The number of aromatic nitrogens is 2. The van der Waals surface area contributed by atoms with Gasteiger partial charge >= 0.3 is 0 Å². The van der Waals surface area contributed by atoms with Crippen molar-refractivity contribution >= 4 is 40.7 Å². The molecule has 0 unspecified atom stereocenters. The Hall–Kier alpha value is -2.29. The van der Waals surface area contributed by atoms with Gasteiger partial charge in [0.15, 0.2) is 5.96 Å². The zero-order valence-electron chi connectivity index (χ0n) is 17.7. The minimum absolute atomic E-state index is 0. The summed E-state index contributed by atoms with van der Waals surface area (Å²) in [4.78, 5) is 4.75. The van der Waals surface area contributed by atoms with Gasteiger partial charge in [-0.25, -0.2) is 4.99 Å². The minimum atomic E-state index is 0. The molecule has 0 saturated carbocycles. The van der Waals surface area contributed by atoms with E-state index in [0.29, 0.717) is 13.1 Å². The van der Waals surface area contributed by atoms with E-state index < -0.39 is 0 Å². The number of methoxy groups -OCH3 is 1. The maximum atomic E-state index is 5.30. The molecular formula is C22H30IN5O. The molecule has 0 saturated heterocycles. The van der Waals surface area contributed by atoms with Crippen LogP contribution in [0.5, 0.6) is 5.75 Å². The van der Waals surface area contributed by atoms with Crippen molar-refractivity contribution in [3.8, 4) is 5.75 Å². The molecule has 0 aliphatic heterocycles. The molecule has 1 aromatic heterocycles. The fourth-order valence-electron chi connectivity index (χ4n) is 3.26. The lowest BCUT2D eigenvalue weighted by atomic mass is 10.1. The first-order valence-electron chi connectivity index (χ1n) is 9.59. The summed E-state index contributed by atoms with van der Waals surface area (Å²) in [7, 11) is 3.66. The molecule has 29 heavy (non-hydrogen) atoms. The van der Waals surface area contributed by atoms with Crippen molar-refractivity contribution in [2.45, 2.75) is 33.9 Å². The maximum absolute atomic E-state index is 5.30. The standard InChI is InChI=1S/C22H29N5O.HI/c1-6-23-22(25-14-21-15(2)26-27(4)16(21)3)24-13-17-7-8-19-12-20(28-5)10-9-18(19)11-17;/h7-12H,6,13-14H2,1-5H3,(H2,23,24,25);1H. The van der Waals surface area contributed by atoms with E-state index in [2.05, 4.69) is 53.8 Å². The van der Waals surface area contributed by atoms with Crippen LogP contribution in [0, 0.1) is 13.8 Å². The van der Waals surface area contributed by atoms with Crippen LogP contribution in [0.1, 0.15) is 29.4 Å². The van der Waals surface area contributed by atoms with Crippen LogP contribution in [0.15, 0.2) is 41.4 Å². The topological polar surface area (TPSA) is 63.5 Å². The summed E-state index contributed by atoms with van der Waals surface area (Å²) in [6, 6.07) is 12.5. The van der Waals surface area contributed by atoms with Crippen molar-refractivity contribution < 1.29 is 4.74 Å². The fourth-order valence-corrected chi connectivity index (χ4v) is 3.26. The molecule has 0 spiro atoms. The fraction of sp³-hybridized carbons (Fsp3) is 0.364. The molecule has 156 valence electrons. The zero-order valence-corrected chi connectivity index (χ0v) is 20.1. The van der Waals surface area contributed by atoms with E-state index in [1.165, 1.54) is 27.6 Å². The second-order valence-corrected chi connectivity index (χ2v) is 6.87. The van der Waals surface area contributed by atoms with E-state index >= 15 is 0 Å². The molecule has 3 aromatic rings. The Bertz CT molecular complexity index is 996. The Morgan fingerprint density at radius 2 is 1.83 bits per heavy atom. The minimum Gasteiger partial charge on any atom is -0.497 e. The summed E-state index contributed by atoms with van der Waals surface area (Å²) in [5.41, 5.74) is 4.61. The number of fused-ring (bicyclic) bond motifs is 1. The van der Waals surface area contributed by atoms with Gasteiger partial charge in [-0.2, -0.15) is 5.10 Å². The third-order valence-corrected chi connectivity index (χ3v) is 4.97. The lowest BCUT2D eigenvalue weighted by Gasteiger charge is -2.12. The first-order chi connectivity index (χ1) is 13.5. The maximum Gasteiger partial charge on any atom is 0.191 e.